The maximum atomic E-state index is 12.7. The molecule has 0 aliphatic heterocycles. The summed E-state index contributed by atoms with van der Waals surface area (Å²) < 4.78 is 14.6. The summed E-state index contributed by atoms with van der Waals surface area (Å²) in [5.41, 5.74) is 3.21. The molecule has 5 nitrogen and oxygen atoms in total. The third-order valence-corrected chi connectivity index (χ3v) is 5.63. The molecule has 7 heteroatoms. The predicted molar refractivity (Wildman–Crippen MR) is 131 cm³/mol. The standard InChI is InChI=1S/C24H20ClN3O2S/c1-31(2,30)28-18-9-7-17(8-10-18)24(29)27-19-11-12-22(25)21(15-19)23-20-6-4-3-5-16(20)13-14-26-23/h3-15H,1H2,2H3,(H,27,29)(H,28,30). The van der Waals surface area contributed by atoms with Crippen LogP contribution in [0.3, 0.4) is 0 Å². The number of rotatable bonds is 5. The molecule has 1 atom stereocenters. The molecule has 0 aliphatic carbocycles. The summed E-state index contributed by atoms with van der Waals surface area (Å²) in [6, 6.07) is 21.9. The summed E-state index contributed by atoms with van der Waals surface area (Å²) in [5.74, 6) is 3.29. The minimum Gasteiger partial charge on any atom is -0.322 e. The Kier molecular flexibility index (Phi) is 5.67. The van der Waals surface area contributed by atoms with Crippen molar-refractivity contribution < 1.29 is 9.00 Å². The molecule has 0 saturated heterocycles. The van der Waals surface area contributed by atoms with Crippen molar-refractivity contribution in [2.75, 3.05) is 16.3 Å². The number of hydrogen-bond donors (Lipinski definition) is 2. The predicted octanol–water partition coefficient (Wildman–Crippen LogP) is 5.48. The van der Waals surface area contributed by atoms with E-state index in [1.54, 1.807) is 42.6 Å². The lowest BCUT2D eigenvalue weighted by atomic mass is 10.0. The van der Waals surface area contributed by atoms with E-state index in [1.165, 1.54) is 6.26 Å². The van der Waals surface area contributed by atoms with Crippen LogP contribution in [0.4, 0.5) is 11.4 Å². The third-order valence-electron chi connectivity index (χ3n) is 4.63. The Hall–Kier alpha value is -3.35. The van der Waals surface area contributed by atoms with Crippen molar-refractivity contribution in [1.82, 2.24) is 4.98 Å². The zero-order valence-corrected chi connectivity index (χ0v) is 18.3. The second kappa shape index (κ2) is 8.41. The molecule has 0 fully saturated rings. The number of hydrogen-bond acceptors (Lipinski definition) is 3. The van der Waals surface area contributed by atoms with Crippen LogP contribution < -0.4 is 10.0 Å². The zero-order valence-electron chi connectivity index (χ0n) is 16.8. The van der Waals surface area contributed by atoms with Crippen molar-refractivity contribution in [3.8, 4) is 11.3 Å². The molecule has 3 aromatic carbocycles. The molecule has 156 valence electrons. The van der Waals surface area contributed by atoms with E-state index in [0.717, 1.165) is 22.0 Å². The molecular weight excluding hydrogens is 430 g/mol. The van der Waals surface area contributed by atoms with Crippen molar-refractivity contribution in [1.29, 1.82) is 0 Å². The first kappa shape index (κ1) is 20.9. The highest BCUT2D eigenvalue weighted by Gasteiger charge is 2.12. The maximum Gasteiger partial charge on any atom is 0.255 e. The SMILES string of the molecule is C=S(C)(=O)Nc1ccc(C(=O)Nc2ccc(Cl)c(-c3nccc4ccccc34)c2)cc1. The normalized spacial score (nSPS) is 12.8. The van der Waals surface area contributed by atoms with Gasteiger partial charge in [-0.15, -0.1) is 0 Å². The van der Waals surface area contributed by atoms with Crippen molar-refractivity contribution in [2.45, 2.75) is 0 Å². The molecule has 1 aromatic heterocycles. The lowest BCUT2D eigenvalue weighted by Crippen LogP contribution is -2.13. The largest absolute Gasteiger partial charge is 0.322 e. The number of nitrogens with one attached hydrogen (secondary N) is 2. The molecular formula is C24H20ClN3O2S. The first-order valence-corrected chi connectivity index (χ1v) is 12.0. The van der Waals surface area contributed by atoms with Crippen LogP contribution >= 0.6 is 11.6 Å². The number of fused-ring (bicyclic) bond motifs is 1. The van der Waals surface area contributed by atoms with E-state index < -0.39 is 9.71 Å². The van der Waals surface area contributed by atoms with Gasteiger partial charge in [-0.25, -0.2) is 4.21 Å². The molecule has 0 bridgehead atoms. The number of benzene rings is 3. The molecule has 31 heavy (non-hydrogen) atoms. The Morgan fingerprint density at radius 2 is 1.71 bits per heavy atom. The highest BCUT2D eigenvalue weighted by molar-refractivity contribution is 8.00. The van der Waals surface area contributed by atoms with Crippen LogP contribution in [0, 0.1) is 0 Å². The third kappa shape index (κ3) is 4.87. The van der Waals surface area contributed by atoms with Gasteiger partial charge in [0.2, 0.25) is 0 Å². The van der Waals surface area contributed by atoms with Crippen LogP contribution in [-0.4, -0.2) is 27.2 Å². The van der Waals surface area contributed by atoms with Crippen LogP contribution in [0.5, 0.6) is 0 Å². The fraction of sp³-hybridized carbons (Fsp3) is 0.0417. The molecule has 2 N–H and O–H groups in total. The summed E-state index contributed by atoms with van der Waals surface area (Å²) in [6.45, 7) is 0. The molecule has 0 saturated carbocycles. The summed E-state index contributed by atoms with van der Waals surface area (Å²) in [7, 11) is -2.38. The van der Waals surface area contributed by atoms with Gasteiger partial charge >= 0.3 is 0 Å². The van der Waals surface area contributed by atoms with Gasteiger partial charge in [-0.05, 0) is 59.8 Å². The lowest BCUT2D eigenvalue weighted by Gasteiger charge is -2.12. The quantitative estimate of drug-likeness (QED) is 0.396. The zero-order chi connectivity index (χ0) is 22.0. The molecule has 1 heterocycles. The number of nitrogens with zero attached hydrogens (tertiary/aromatic N) is 1. The van der Waals surface area contributed by atoms with E-state index in [4.69, 9.17) is 11.6 Å². The summed E-state index contributed by atoms with van der Waals surface area (Å²) in [4.78, 5) is 17.2. The van der Waals surface area contributed by atoms with Crippen LogP contribution in [0.2, 0.25) is 5.02 Å². The van der Waals surface area contributed by atoms with E-state index in [-0.39, 0.29) is 5.91 Å². The summed E-state index contributed by atoms with van der Waals surface area (Å²) >= 11 is 6.47. The van der Waals surface area contributed by atoms with Crippen LogP contribution in [-0.2, 0) is 9.71 Å². The lowest BCUT2D eigenvalue weighted by molar-refractivity contribution is 0.102. The number of carbonyl (C=O) groups is 1. The minimum atomic E-state index is -2.38. The van der Waals surface area contributed by atoms with Crippen molar-refractivity contribution >= 4 is 55.2 Å². The second-order valence-electron chi connectivity index (χ2n) is 7.21. The van der Waals surface area contributed by atoms with Gasteiger partial charge in [0.1, 0.15) is 0 Å². The molecule has 1 amide bonds. The Balaban J connectivity index is 1.61. The molecule has 1 unspecified atom stereocenters. The van der Waals surface area contributed by atoms with E-state index in [1.807, 2.05) is 36.4 Å². The van der Waals surface area contributed by atoms with Gasteiger partial charge in [0.05, 0.1) is 10.7 Å². The number of anilines is 2. The highest BCUT2D eigenvalue weighted by Crippen LogP contribution is 2.33. The summed E-state index contributed by atoms with van der Waals surface area (Å²) in [5, 5.41) is 5.49. The monoisotopic (exact) mass is 449 g/mol. The number of carbonyl (C=O) groups excluding carboxylic acids is 1. The van der Waals surface area contributed by atoms with Crippen molar-refractivity contribution in [2.24, 2.45) is 0 Å². The van der Waals surface area contributed by atoms with Gasteiger partial charge in [-0.1, -0.05) is 35.9 Å². The van der Waals surface area contributed by atoms with Gasteiger partial charge in [0, 0.05) is 50.0 Å². The van der Waals surface area contributed by atoms with Crippen LogP contribution in [0.1, 0.15) is 10.4 Å². The molecule has 4 rings (SSSR count). The van der Waals surface area contributed by atoms with Crippen molar-refractivity contribution in [3.05, 3.63) is 89.6 Å². The number of amides is 1. The van der Waals surface area contributed by atoms with Gasteiger partial charge in [0.25, 0.3) is 5.91 Å². The Morgan fingerprint density at radius 1 is 1.00 bits per heavy atom. The fourth-order valence-electron chi connectivity index (χ4n) is 3.26. The van der Waals surface area contributed by atoms with E-state index in [0.29, 0.717) is 22.0 Å². The van der Waals surface area contributed by atoms with Gasteiger partial charge in [0.15, 0.2) is 0 Å². The van der Waals surface area contributed by atoms with E-state index in [2.05, 4.69) is 20.9 Å². The molecule has 0 spiro atoms. The number of aromatic nitrogens is 1. The van der Waals surface area contributed by atoms with Crippen LogP contribution in [0.15, 0.2) is 79.0 Å². The molecule has 4 aromatic rings. The molecule has 0 radical (unpaired) electrons. The van der Waals surface area contributed by atoms with E-state index in [9.17, 15) is 9.00 Å². The fourth-order valence-corrected chi connectivity index (χ4v) is 4.10. The minimum absolute atomic E-state index is 0.266. The first-order valence-electron chi connectivity index (χ1n) is 9.45. The highest BCUT2D eigenvalue weighted by atomic mass is 35.5. The topological polar surface area (TPSA) is 71.1 Å². The first-order chi connectivity index (χ1) is 14.8. The smallest absolute Gasteiger partial charge is 0.255 e. The second-order valence-corrected chi connectivity index (χ2v) is 9.84. The molecule has 0 aliphatic rings. The summed E-state index contributed by atoms with van der Waals surface area (Å²) in [6.07, 6.45) is 3.26. The number of pyridine rings is 1. The number of halogens is 1. The van der Waals surface area contributed by atoms with Gasteiger partial charge in [-0.2, -0.15) is 0 Å². The van der Waals surface area contributed by atoms with Gasteiger partial charge in [-0.3, -0.25) is 9.78 Å². The average molecular weight is 450 g/mol. The Labute approximate surface area is 186 Å². The van der Waals surface area contributed by atoms with Crippen LogP contribution in [0.25, 0.3) is 22.0 Å². The van der Waals surface area contributed by atoms with Crippen molar-refractivity contribution in [3.63, 3.8) is 0 Å². The Bertz CT molecular complexity index is 1380. The Morgan fingerprint density at radius 3 is 2.45 bits per heavy atom. The van der Waals surface area contributed by atoms with E-state index >= 15 is 0 Å². The van der Waals surface area contributed by atoms with Gasteiger partial charge < -0.3 is 10.0 Å². The average Bonchev–Trinajstić information content (AvgIpc) is 2.74. The maximum absolute atomic E-state index is 12.7.